The van der Waals surface area contributed by atoms with Crippen molar-refractivity contribution in [3.8, 4) is 0 Å². The number of likely N-dealkylation sites (N-methyl/N-ethyl adjacent to an activating group) is 1. The second-order valence-corrected chi connectivity index (χ2v) is 3.94. The third-order valence-electron chi connectivity index (χ3n) is 2.63. The average Bonchev–Trinajstić information content (AvgIpc) is 2.37. The van der Waals surface area contributed by atoms with Crippen LogP contribution in [-0.2, 0) is 4.79 Å². The fourth-order valence-electron chi connectivity index (χ4n) is 1.56. The van der Waals surface area contributed by atoms with E-state index in [0.29, 0.717) is 5.56 Å². The Morgan fingerprint density at radius 2 is 1.88 bits per heavy atom. The Bertz CT molecular complexity index is 389. The Balaban J connectivity index is 2.73. The molecule has 1 amide bonds. The van der Waals surface area contributed by atoms with Gasteiger partial charge in [-0.1, -0.05) is 30.3 Å². The summed E-state index contributed by atoms with van der Waals surface area (Å²) in [5.41, 5.74) is 0.533. The molecule has 0 spiro atoms. The van der Waals surface area contributed by atoms with Gasteiger partial charge in [-0.05, 0) is 6.92 Å². The number of carbonyl (C=O) groups is 2. The fourth-order valence-corrected chi connectivity index (χ4v) is 1.56. The highest BCUT2D eigenvalue weighted by Gasteiger charge is 2.24. The van der Waals surface area contributed by atoms with Crippen molar-refractivity contribution in [3.05, 3.63) is 35.9 Å². The van der Waals surface area contributed by atoms with E-state index in [4.69, 9.17) is 5.11 Å². The number of hydrogen-bond acceptors (Lipinski definition) is 3. The maximum atomic E-state index is 12.0. The summed E-state index contributed by atoms with van der Waals surface area (Å²) in [5.74, 6) is -1.18. The van der Waals surface area contributed by atoms with Gasteiger partial charge in [0.25, 0.3) is 0 Å². The van der Waals surface area contributed by atoms with E-state index >= 15 is 0 Å². The van der Waals surface area contributed by atoms with Crippen molar-refractivity contribution >= 4 is 11.7 Å². The van der Waals surface area contributed by atoms with Crippen molar-refractivity contribution in [1.29, 1.82) is 0 Å². The molecule has 17 heavy (non-hydrogen) atoms. The second kappa shape index (κ2) is 6.15. The summed E-state index contributed by atoms with van der Waals surface area (Å²) in [6, 6.07) is 8.74. The number of benzene rings is 1. The van der Waals surface area contributed by atoms with Gasteiger partial charge < -0.3 is 10.0 Å². The molecule has 0 aromatic heterocycles. The molecule has 0 aliphatic carbocycles. The summed E-state index contributed by atoms with van der Waals surface area (Å²) in [6.45, 7) is 1.73. The smallest absolute Gasteiger partial charge is 0.233 e. The minimum absolute atomic E-state index is 0.103. The van der Waals surface area contributed by atoms with Crippen LogP contribution in [0.1, 0.15) is 17.3 Å². The van der Waals surface area contributed by atoms with Crippen molar-refractivity contribution in [1.82, 2.24) is 4.90 Å². The molecule has 92 valence electrons. The molecule has 0 aliphatic heterocycles. The standard InChI is InChI=1S/C13H17NO3/c1-10(13(17)14(2)8-9-15)12(16)11-6-4-3-5-7-11/h3-7,10,15H,8-9H2,1-2H3. The molecule has 1 unspecified atom stereocenters. The highest BCUT2D eigenvalue weighted by atomic mass is 16.3. The zero-order valence-electron chi connectivity index (χ0n) is 10.1. The topological polar surface area (TPSA) is 57.6 Å². The number of Topliss-reactive ketones (excluding diaryl/α,β-unsaturated/α-hetero) is 1. The number of rotatable bonds is 5. The summed E-state index contributed by atoms with van der Waals surface area (Å²) < 4.78 is 0. The quantitative estimate of drug-likeness (QED) is 0.611. The van der Waals surface area contributed by atoms with Crippen LogP contribution < -0.4 is 0 Å². The molecular weight excluding hydrogens is 218 g/mol. The number of aliphatic hydroxyl groups excluding tert-OH is 1. The van der Waals surface area contributed by atoms with E-state index in [1.54, 1.807) is 38.2 Å². The second-order valence-electron chi connectivity index (χ2n) is 3.94. The molecule has 0 saturated carbocycles. The summed E-state index contributed by atoms with van der Waals surface area (Å²) >= 11 is 0. The largest absolute Gasteiger partial charge is 0.395 e. The van der Waals surface area contributed by atoms with Gasteiger partial charge in [-0.15, -0.1) is 0 Å². The number of nitrogens with zero attached hydrogens (tertiary/aromatic N) is 1. The highest BCUT2D eigenvalue weighted by Crippen LogP contribution is 2.10. The first-order valence-corrected chi connectivity index (χ1v) is 5.53. The van der Waals surface area contributed by atoms with Gasteiger partial charge in [0, 0.05) is 19.2 Å². The third-order valence-corrected chi connectivity index (χ3v) is 2.63. The van der Waals surface area contributed by atoms with Crippen LogP contribution in [0.5, 0.6) is 0 Å². The first kappa shape index (κ1) is 13.4. The van der Waals surface area contributed by atoms with E-state index in [1.165, 1.54) is 4.90 Å². The molecule has 0 saturated heterocycles. The van der Waals surface area contributed by atoms with Crippen molar-refractivity contribution in [2.75, 3.05) is 20.2 Å². The molecule has 1 atom stereocenters. The summed E-state index contributed by atoms with van der Waals surface area (Å²) in [4.78, 5) is 25.2. The van der Waals surface area contributed by atoms with E-state index in [-0.39, 0.29) is 24.8 Å². The number of ketones is 1. The predicted octanol–water partition coefficient (Wildman–Crippen LogP) is 0.956. The van der Waals surface area contributed by atoms with Crippen molar-refractivity contribution in [3.63, 3.8) is 0 Å². The van der Waals surface area contributed by atoms with E-state index in [1.807, 2.05) is 6.07 Å². The molecule has 4 heteroatoms. The van der Waals surface area contributed by atoms with Crippen LogP contribution in [0.4, 0.5) is 0 Å². The monoisotopic (exact) mass is 235 g/mol. The third kappa shape index (κ3) is 3.39. The molecule has 0 radical (unpaired) electrons. The van der Waals surface area contributed by atoms with Gasteiger partial charge >= 0.3 is 0 Å². The zero-order chi connectivity index (χ0) is 12.8. The van der Waals surface area contributed by atoms with Gasteiger partial charge in [0.2, 0.25) is 5.91 Å². The molecule has 1 aromatic rings. The Labute approximate surface area is 101 Å². The highest BCUT2D eigenvalue weighted by molar-refractivity contribution is 6.09. The number of aliphatic hydroxyl groups is 1. The van der Waals surface area contributed by atoms with Crippen molar-refractivity contribution < 1.29 is 14.7 Å². The van der Waals surface area contributed by atoms with Crippen LogP contribution in [-0.4, -0.2) is 41.9 Å². The van der Waals surface area contributed by atoms with Crippen LogP contribution >= 0.6 is 0 Å². The molecule has 1 N–H and O–H groups in total. The molecule has 4 nitrogen and oxygen atoms in total. The summed E-state index contributed by atoms with van der Waals surface area (Å²) in [5, 5.41) is 8.74. The summed E-state index contributed by atoms with van der Waals surface area (Å²) in [7, 11) is 1.58. The predicted molar refractivity (Wildman–Crippen MR) is 64.7 cm³/mol. The van der Waals surface area contributed by atoms with E-state index in [9.17, 15) is 9.59 Å². The lowest BCUT2D eigenvalue weighted by Crippen LogP contribution is -2.37. The van der Waals surface area contributed by atoms with E-state index < -0.39 is 5.92 Å². The van der Waals surface area contributed by atoms with Gasteiger partial charge in [-0.3, -0.25) is 9.59 Å². The number of hydrogen-bond donors (Lipinski definition) is 1. The van der Waals surface area contributed by atoms with Crippen LogP contribution in [0.2, 0.25) is 0 Å². The lowest BCUT2D eigenvalue weighted by molar-refractivity contribution is -0.132. The Kier molecular flexibility index (Phi) is 4.84. The Hall–Kier alpha value is -1.68. The van der Waals surface area contributed by atoms with Crippen LogP contribution in [0.3, 0.4) is 0 Å². The molecule has 1 aromatic carbocycles. The van der Waals surface area contributed by atoms with Gasteiger partial charge in [0.05, 0.1) is 12.5 Å². The Morgan fingerprint density at radius 3 is 2.41 bits per heavy atom. The zero-order valence-corrected chi connectivity index (χ0v) is 10.1. The van der Waals surface area contributed by atoms with E-state index in [2.05, 4.69) is 0 Å². The lowest BCUT2D eigenvalue weighted by Gasteiger charge is -2.19. The van der Waals surface area contributed by atoms with Crippen LogP contribution in [0.25, 0.3) is 0 Å². The normalized spacial score (nSPS) is 11.9. The average molecular weight is 235 g/mol. The van der Waals surface area contributed by atoms with Crippen LogP contribution in [0, 0.1) is 5.92 Å². The molecule has 0 bridgehead atoms. The Morgan fingerprint density at radius 1 is 1.29 bits per heavy atom. The first-order valence-electron chi connectivity index (χ1n) is 5.53. The minimum atomic E-state index is -0.714. The van der Waals surface area contributed by atoms with Gasteiger partial charge in [0.1, 0.15) is 0 Å². The fraction of sp³-hybridized carbons (Fsp3) is 0.385. The minimum Gasteiger partial charge on any atom is -0.395 e. The SMILES string of the molecule is CC(C(=O)c1ccccc1)C(=O)N(C)CCO. The van der Waals surface area contributed by atoms with Gasteiger partial charge in [0.15, 0.2) is 5.78 Å². The molecule has 1 rings (SSSR count). The van der Waals surface area contributed by atoms with Crippen molar-refractivity contribution in [2.24, 2.45) is 5.92 Å². The molecule has 0 fully saturated rings. The van der Waals surface area contributed by atoms with Gasteiger partial charge in [-0.25, -0.2) is 0 Å². The molecular formula is C13H17NO3. The lowest BCUT2D eigenvalue weighted by atomic mass is 9.98. The molecule has 0 aliphatic rings. The maximum Gasteiger partial charge on any atom is 0.233 e. The number of carbonyl (C=O) groups excluding carboxylic acids is 2. The van der Waals surface area contributed by atoms with Crippen LogP contribution in [0.15, 0.2) is 30.3 Å². The van der Waals surface area contributed by atoms with E-state index in [0.717, 1.165) is 0 Å². The number of amides is 1. The first-order chi connectivity index (χ1) is 8.07. The maximum absolute atomic E-state index is 12.0. The van der Waals surface area contributed by atoms with Crippen molar-refractivity contribution in [2.45, 2.75) is 6.92 Å². The summed E-state index contributed by atoms with van der Waals surface area (Å²) in [6.07, 6.45) is 0. The molecule has 0 heterocycles. The van der Waals surface area contributed by atoms with Gasteiger partial charge in [-0.2, -0.15) is 0 Å².